The van der Waals surface area contributed by atoms with Gasteiger partial charge in [-0.2, -0.15) is 0 Å². The van der Waals surface area contributed by atoms with E-state index in [0.717, 1.165) is 22.3 Å². The van der Waals surface area contributed by atoms with Gasteiger partial charge in [0.15, 0.2) is 6.79 Å². The van der Waals surface area contributed by atoms with Gasteiger partial charge in [0.05, 0.1) is 0 Å². The van der Waals surface area contributed by atoms with E-state index in [0.29, 0.717) is 5.56 Å². The minimum absolute atomic E-state index is 0.0306. The summed E-state index contributed by atoms with van der Waals surface area (Å²) in [4.78, 5) is 12.6. The summed E-state index contributed by atoms with van der Waals surface area (Å²) in [6.45, 7) is 0.0306. The van der Waals surface area contributed by atoms with Crippen LogP contribution in [0.4, 0.5) is 0 Å². The molecular weight excluding hydrogens is 336 g/mol. The highest BCUT2D eigenvalue weighted by molar-refractivity contribution is 6.36. The van der Waals surface area contributed by atoms with E-state index in [1.54, 1.807) is 6.07 Å². The summed E-state index contributed by atoms with van der Waals surface area (Å²) in [6.07, 6.45) is 0. The lowest BCUT2D eigenvalue weighted by molar-refractivity contribution is -0.320. The number of Topliss-reactive ketones (excluding diaryl/α,β-unsaturated/α-hetero) is 1. The molecule has 0 spiro atoms. The topological polar surface area (TPSA) is 35.5 Å². The van der Waals surface area contributed by atoms with E-state index in [-0.39, 0.29) is 6.79 Å². The van der Waals surface area contributed by atoms with Crippen molar-refractivity contribution in [1.29, 1.82) is 0 Å². The van der Waals surface area contributed by atoms with E-state index in [9.17, 15) is 4.79 Å². The fourth-order valence-corrected chi connectivity index (χ4v) is 3.08. The van der Waals surface area contributed by atoms with Crippen LogP contribution in [-0.4, -0.2) is 17.8 Å². The zero-order valence-corrected chi connectivity index (χ0v) is 14.1. The third kappa shape index (κ3) is 2.98. The van der Waals surface area contributed by atoms with Crippen molar-refractivity contribution < 1.29 is 14.3 Å². The number of alkyl halides is 1. The number of hydrogen-bond acceptors (Lipinski definition) is 3. The second kappa shape index (κ2) is 6.45. The van der Waals surface area contributed by atoms with Gasteiger partial charge >= 0.3 is 5.25 Å². The molecule has 25 heavy (non-hydrogen) atoms. The first kappa shape index (κ1) is 16.0. The Morgan fingerprint density at radius 1 is 0.800 bits per heavy atom. The molecule has 0 N–H and O–H groups in total. The van der Waals surface area contributed by atoms with Gasteiger partial charge in [-0.05, 0) is 39.9 Å². The minimum Gasteiger partial charge on any atom is -0.304 e. The van der Waals surface area contributed by atoms with Crippen LogP contribution in [0, 0.1) is 0 Å². The normalized spacial score (nSPS) is 15.4. The first-order valence-electron chi connectivity index (χ1n) is 7.94. The summed E-state index contributed by atoms with van der Waals surface area (Å²) in [7, 11) is 0. The van der Waals surface area contributed by atoms with Gasteiger partial charge < -0.3 is 9.47 Å². The summed E-state index contributed by atoms with van der Waals surface area (Å²) in [5, 5.41) is -1.69. The quantitative estimate of drug-likeness (QED) is 0.485. The Morgan fingerprint density at radius 2 is 1.36 bits per heavy atom. The molecule has 0 saturated carbocycles. The van der Waals surface area contributed by atoms with Gasteiger partial charge in [-0.15, -0.1) is 0 Å². The minimum atomic E-state index is -1.69. The van der Waals surface area contributed by atoms with E-state index in [2.05, 4.69) is 0 Å². The van der Waals surface area contributed by atoms with E-state index >= 15 is 0 Å². The maximum absolute atomic E-state index is 12.6. The van der Waals surface area contributed by atoms with Crippen molar-refractivity contribution in [3.8, 4) is 22.3 Å². The molecular formula is C21H15ClO3. The van der Waals surface area contributed by atoms with Crippen molar-refractivity contribution in [2.24, 2.45) is 0 Å². The van der Waals surface area contributed by atoms with Crippen molar-refractivity contribution >= 4 is 17.4 Å². The molecule has 0 aliphatic carbocycles. The Hall–Kier alpha value is -2.46. The van der Waals surface area contributed by atoms with Crippen molar-refractivity contribution in [2.45, 2.75) is 5.25 Å². The summed E-state index contributed by atoms with van der Waals surface area (Å²) in [6, 6.07) is 25.5. The zero-order chi connectivity index (χ0) is 17.3. The molecule has 0 amide bonds. The summed E-state index contributed by atoms with van der Waals surface area (Å²) in [5.74, 6) is -0.391. The van der Waals surface area contributed by atoms with Crippen molar-refractivity contribution in [1.82, 2.24) is 0 Å². The monoisotopic (exact) mass is 350 g/mol. The predicted octanol–water partition coefficient (Wildman–Crippen LogP) is 5.10. The van der Waals surface area contributed by atoms with Gasteiger partial charge in [-0.3, -0.25) is 4.79 Å². The highest BCUT2D eigenvalue weighted by Crippen LogP contribution is 2.36. The van der Waals surface area contributed by atoms with Gasteiger partial charge in [0, 0.05) is 5.56 Å². The van der Waals surface area contributed by atoms with Crippen LogP contribution in [0.5, 0.6) is 0 Å². The van der Waals surface area contributed by atoms with E-state index in [4.69, 9.17) is 21.1 Å². The van der Waals surface area contributed by atoms with Crippen molar-refractivity contribution in [2.75, 3.05) is 6.79 Å². The molecule has 124 valence electrons. The number of benzene rings is 3. The lowest BCUT2D eigenvalue weighted by Crippen LogP contribution is -2.48. The fourth-order valence-electron chi connectivity index (χ4n) is 2.88. The Bertz CT molecular complexity index is 903. The molecule has 3 aromatic rings. The van der Waals surface area contributed by atoms with Crippen molar-refractivity contribution in [3.05, 3.63) is 84.4 Å². The second-order valence-electron chi connectivity index (χ2n) is 5.76. The average molecular weight is 351 g/mol. The number of carbonyl (C=O) groups is 1. The van der Waals surface area contributed by atoms with Crippen LogP contribution >= 0.6 is 11.6 Å². The lowest BCUT2D eigenvalue weighted by atomic mass is 9.92. The fraction of sp³-hybridized carbons (Fsp3) is 0.0952. The zero-order valence-electron chi connectivity index (χ0n) is 13.3. The largest absolute Gasteiger partial charge is 0.319 e. The molecule has 1 heterocycles. The van der Waals surface area contributed by atoms with Crippen LogP contribution < -0.4 is 0 Å². The van der Waals surface area contributed by atoms with Crippen molar-refractivity contribution in [3.63, 3.8) is 0 Å². The van der Waals surface area contributed by atoms with E-state index in [1.807, 2.05) is 72.8 Å². The van der Waals surface area contributed by atoms with Gasteiger partial charge in [0.1, 0.15) is 0 Å². The van der Waals surface area contributed by atoms with Crippen LogP contribution in [0.15, 0.2) is 78.9 Å². The van der Waals surface area contributed by atoms with Crippen LogP contribution in [0.1, 0.15) is 10.4 Å². The molecule has 3 aromatic carbocycles. The van der Waals surface area contributed by atoms with Crippen LogP contribution in [0.2, 0.25) is 0 Å². The maximum atomic E-state index is 12.6. The molecule has 3 nitrogen and oxygen atoms in total. The molecule has 1 aliphatic heterocycles. The summed E-state index contributed by atoms with van der Waals surface area (Å²) < 4.78 is 10.2. The number of rotatable bonds is 4. The van der Waals surface area contributed by atoms with Gasteiger partial charge in [0.2, 0.25) is 5.78 Å². The molecule has 1 fully saturated rings. The lowest BCUT2D eigenvalue weighted by Gasteiger charge is -2.33. The highest BCUT2D eigenvalue weighted by atomic mass is 35.5. The van der Waals surface area contributed by atoms with Crippen LogP contribution in [-0.2, 0) is 9.47 Å². The molecule has 0 radical (unpaired) electrons. The molecule has 4 rings (SSSR count). The highest BCUT2D eigenvalue weighted by Gasteiger charge is 2.46. The van der Waals surface area contributed by atoms with E-state index < -0.39 is 11.0 Å². The number of ether oxygens (including phenoxy) is 2. The Balaban J connectivity index is 1.85. The first-order valence-corrected chi connectivity index (χ1v) is 8.32. The molecule has 0 unspecified atom stereocenters. The van der Waals surface area contributed by atoms with Gasteiger partial charge in [0.25, 0.3) is 0 Å². The third-order valence-electron chi connectivity index (χ3n) is 4.21. The number of hydrogen-bond donors (Lipinski definition) is 0. The number of ketones is 1. The summed E-state index contributed by atoms with van der Waals surface area (Å²) in [5.41, 5.74) is 4.56. The Labute approximate surface area is 150 Å². The number of halogens is 1. The van der Waals surface area contributed by atoms with Gasteiger partial charge in [-0.25, -0.2) is 0 Å². The third-order valence-corrected chi connectivity index (χ3v) is 4.60. The molecule has 1 aliphatic rings. The molecule has 1 saturated heterocycles. The maximum Gasteiger partial charge on any atom is 0.319 e. The average Bonchev–Trinajstić information content (AvgIpc) is 2.66. The molecule has 0 atom stereocenters. The Morgan fingerprint density at radius 3 is 1.88 bits per heavy atom. The van der Waals surface area contributed by atoms with E-state index in [1.165, 1.54) is 0 Å². The molecule has 0 aromatic heterocycles. The number of carbonyl (C=O) groups excluding carboxylic acids is 1. The second-order valence-corrected chi connectivity index (χ2v) is 6.26. The molecule has 4 heteroatoms. The van der Waals surface area contributed by atoms with Crippen LogP contribution in [0.25, 0.3) is 22.3 Å². The standard InChI is InChI=1S/C21H15ClO3/c22-21(24-14-25-21)20(23)17-11-12-18(15-7-3-1-4-8-15)19(13-17)16-9-5-2-6-10-16/h1-13H,14H2. The predicted molar refractivity (Wildman–Crippen MR) is 97.3 cm³/mol. The SMILES string of the molecule is O=C(c1ccc(-c2ccccc2)c(-c2ccccc2)c1)C1(Cl)OCO1. The summed E-state index contributed by atoms with van der Waals surface area (Å²) >= 11 is 6.05. The molecule has 0 bridgehead atoms. The first-order chi connectivity index (χ1) is 12.2. The smallest absolute Gasteiger partial charge is 0.304 e. The Kier molecular flexibility index (Phi) is 4.14. The van der Waals surface area contributed by atoms with Crippen LogP contribution in [0.3, 0.4) is 0 Å². The van der Waals surface area contributed by atoms with Gasteiger partial charge in [-0.1, -0.05) is 72.8 Å².